The highest BCUT2D eigenvalue weighted by Gasteiger charge is 2.32. The van der Waals surface area contributed by atoms with Crippen LogP contribution in [0.25, 0.3) is 0 Å². The van der Waals surface area contributed by atoms with Gasteiger partial charge in [0.15, 0.2) is 0 Å². The van der Waals surface area contributed by atoms with Crippen molar-refractivity contribution in [2.75, 3.05) is 19.6 Å². The first-order valence-corrected chi connectivity index (χ1v) is 6.69. The van der Waals surface area contributed by atoms with Gasteiger partial charge in [-0.05, 0) is 17.7 Å². The van der Waals surface area contributed by atoms with Crippen molar-refractivity contribution in [3.05, 3.63) is 35.6 Å². The smallest absolute Gasteiger partial charge is 0.333 e. The van der Waals surface area contributed by atoms with E-state index < -0.39 is 36.8 Å². The third-order valence-electron chi connectivity index (χ3n) is 3.42. The molecule has 116 valence electrons. The van der Waals surface area contributed by atoms with Gasteiger partial charge in [-0.25, -0.2) is 4.39 Å². The molecule has 1 atom stereocenters. The lowest BCUT2D eigenvalue weighted by Crippen LogP contribution is -2.48. The number of benzene rings is 1. The second-order valence-electron chi connectivity index (χ2n) is 4.98. The van der Waals surface area contributed by atoms with Crippen LogP contribution in [0, 0.1) is 5.82 Å². The van der Waals surface area contributed by atoms with E-state index in [2.05, 4.69) is 5.32 Å². The van der Waals surface area contributed by atoms with Crippen molar-refractivity contribution in [3.8, 4) is 0 Å². The van der Waals surface area contributed by atoms with Crippen LogP contribution in [0.1, 0.15) is 24.4 Å². The minimum absolute atomic E-state index is 0.317. The van der Waals surface area contributed by atoms with E-state index in [9.17, 15) is 22.4 Å². The number of hydrogen-bond acceptors (Lipinski definition) is 2. The first kappa shape index (κ1) is 15.8. The molecule has 1 amide bonds. The molecule has 3 nitrogen and oxygen atoms in total. The van der Waals surface area contributed by atoms with Crippen LogP contribution >= 0.6 is 0 Å². The number of alkyl halides is 3. The number of carbonyl (C=O) groups is 1. The maximum absolute atomic E-state index is 13.3. The zero-order valence-electron chi connectivity index (χ0n) is 11.3. The summed E-state index contributed by atoms with van der Waals surface area (Å²) in [5, 5.41) is 3.07. The Bertz CT molecular complexity index is 504. The Morgan fingerprint density at radius 3 is 2.81 bits per heavy atom. The fourth-order valence-corrected chi connectivity index (χ4v) is 2.41. The largest absolute Gasteiger partial charge is 0.389 e. The normalized spacial score (nSPS) is 19.6. The summed E-state index contributed by atoms with van der Waals surface area (Å²) in [5.41, 5.74) is 0.586. The standard InChI is InChI=1S/C14H16F4N2O/c15-11-3-1-2-10(8-11)12-9-19-6-7-20(12)13(21)4-5-14(16,17)18/h1-3,8,12,19H,4-7,9H2. The molecule has 1 heterocycles. The first-order chi connectivity index (χ1) is 9.87. The Labute approximate surface area is 119 Å². The number of hydrogen-bond donors (Lipinski definition) is 1. The molecule has 1 aromatic carbocycles. The maximum atomic E-state index is 13.3. The molecule has 1 unspecified atom stereocenters. The highest BCUT2D eigenvalue weighted by atomic mass is 19.4. The van der Waals surface area contributed by atoms with Crippen molar-refractivity contribution in [2.45, 2.75) is 25.1 Å². The van der Waals surface area contributed by atoms with Crippen LogP contribution in [-0.2, 0) is 4.79 Å². The molecule has 0 spiro atoms. The van der Waals surface area contributed by atoms with Crippen molar-refractivity contribution in [1.82, 2.24) is 10.2 Å². The quantitative estimate of drug-likeness (QED) is 0.871. The predicted molar refractivity (Wildman–Crippen MR) is 69.0 cm³/mol. The Hall–Kier alpha value is -1.63. The Kier molecular flexibility index (Phi) is 4.82. The molecule has 0 saturated carbocycles. The lowest BCUT2D eigenvalue weighted by Gasteiger charge is -2.36. The summed E-state index contributed by atoms with van der Waals surface area (Å²) in [4.78, 5) is 13.4. The number of nitrogens with one attached hydrogen (secondary N) is 1. The third kappa shape index (κ3) is 4.42. The molecule has 7 heteroatoms. The predicted octanol–water partition coefficient (Wildman–Crippen LogP) is 2.64. The van der Waals surface area contributed by atoms with E-state index in [1.54, 1.807) is 6.07 Å². The number of nitrogens with zero attached hydrogens (tertiary/aromatic N) is 1. The van der Waals surface area contributed by atoms with E-state index in [-0.39, 0.29) is 0 Å². The number of rotatable bonds is 3. The monoisotopic (exact) mass is 304 g/mol. The molecule has 2 rings (SSSR count). The zero-order chi connectivity index (χ0) is 15.5. The summed E-state index contributed by atoms with van der Waals surface area (Å²) in [6.45, 7) is 1.24. The summed E-state index contributed by atoms with van der Waals surface area (Å²) < 4.78 is 50.0. The minimum atomic E-state index is -4.35. The Morgan fingerprint density at radius 2 is 2.14 bits per heavy atom. The van der Waals surface area contributed by atoms with Gasteiger partial charge in [0.1, 0.15) is 5.82 Å². The number of halogens is 4. The van der Waals surface area contributed by atoms with Crippen LogP contribution in [0.5, 0.6) is 0 Å². The SMILES string of the molecule is O=C(CCC(F)(F)F)N1CCNCC1c1cccc(F)c1. The summed E-state index contributed by atoms with van der Waals surface area (Å²) in [6.07, 6.45) is -6.06. The van der Waals surface area contributed by atoms with Crippen molar-refractivity contribution >= 4 is 5.91 Å². The van der Waals surface area contributed by atoms with Crippen LogP contribution < -0.4 is 5.32 Å². The highest BCUT2D eigenvalue weighted by molar-refractivity contribution is 5.77. The van der Waals surface area contributed by atoms with Gasteiger partial charge in [-0.1, -0.05) is 12.1 Å². The molecule has 1 fully saturated rings. The van der Waals surface area contributed by atoms with Crippen LogP contribution in [-0.4, -0.2) is 36.6 Å². The van der Waals surface area contributed by atoms with Crippen LogP contribution in [0.3, 0.4) is 0 Å². The van der Waals surface area contributed by atoms with Crippen molar-refractivity contribution < 1.29 is 22.4 Å². The lowest BCUT2D eigenvalue weighted by molar-refractivity contribution is -0.151. The molecule has 0 aliphatic carbocycles. The van der Waals surface area contributed by atoms with Crippen molar-refractivity contribution in [1.29, 1.82) is 0 Å². The molecule has 0 radical (unpaired) electrons. The Balaban J connectivity index is 2.10. The van der Waals surface area contributed by atoms with E-state index in [1.165, 1.54) is 23.1 Å². The summed E-state index contributed by atoms with van der Waals surface area (Å²) in [6, 6.07) is 5.36. The fraction of sp³-hybridized carbons (Fsp3) is 0.500. The van der Waals surface area contributed by atoms with Gasteiger partial charge in [0.05, 0.1) is 12.5 Å². The van der Waals surface area contributed by atoms with Gasteiger partial charge in [0, 0.05) is 26.1 Å². The summed E-state index contributed by atoms with van der Waals surface area (Å²) in [7, 11) is 0. The lowest BCUT2D eigenvalue weighted by atomic mass is 10.0. The number of carbonyl (C=O) groups excluding carboxylic acids is 1. The topological polar surface area (TPSA) is 32.3 Å². The summed E-state index contributed by atoms with van der Waals surface area (Å²) >= 11 is 0. The van der Waals surface area contributed by atoms with Crippen molar-refractivity contribution in [3.63, 3.8) is 0 Å². The van der Waals surface area contributed by atoms with Gasteiger partial charge in [0.25, 0.3) is 0 Å². The molecule has 1 saturated heterocycles. The molecule has 1 aliphatic heterocycles. The van der Waals surface area contributed by atoms with E-state index in [4.69, 9.17) is 0 Å². The second-order valence-corrected chi connectivity index (χ2v) is 4.98. The van der Waals surface area contributed by atoms with Crippen LogP contribution in [0.4, 0.5) is 17.6 Å². The minimum Gasteiger partial charge on any atom is -0.333 e. The average molecular weight is 304 g/mol. The Morgan fingerprint density at radius 1 is 1.38 bits per heavy atom. The molecule has 1 N–H and O–H groups in total. The van der Waals surface area contributed by atoms with E-state index in [0.717, 1.165) is 0 Å². The maximum Gasteiger partial charge on any atom is 0.389 e. The third-order valence-corrected chi connectivity index (χ3v) is 3.42. The first-order valence-electron chi connectivity index (χ1n) is 6.69. The molecule has 0 aromatic heterocycles. The van der Waals surface area contributed by atoms with E-state index >= 15 is 0 Å². The number of piperazine rings is 1. The van der Waals surface area contributed by atoms with Gasteiger partial charge in [-0.3, -0.25) is 4.79 Å². The molecule has 1 aliphatic rings. The number of amides is 1. The second kappa shape index (κ2) is 6.43. The van der Waals surface area contributed by atoms with Gasteiger partial charge >= 0.3 is 6.18 Å². The van der Waals surface area contributed by atoms with Gasteiger partial charge in [0.2, 0.25) is 5.91 Å². The van der Waals surface area contributed by atoms with Gasteiger partial charge in [-0.2, -0.15) is 13.2 Å². The van der Waals surface area contributed by atoms with Gasteiger partial charge in [-0.15, -0.1) is 0 Å². The molecular weight excluding hydrogens is 288 g/mol. The van der Waals surface area contributed by atoms with Crippen LogP contribution in [0.2, 0.25) is 0 Å². The molecular formula is C14H16F4N2O. The van der Waals surface area contributed by atoms with E-state index in [0.29, 0.717) is 25.2 Å². The van der Waals surface area contributed by atoms with E-state index in [1.807, 2.05) is 0 Å². The highest BCUT2D eigenvalue weighted by Crippen LogP contribution is 2.26. The van der Waals surface area contributed by atoms with Crippen molar-refractivity contribution in [2.24, 2.45) is 0 Å². The molecule has 21 heavy (non-hydrogen) atoms. The zero-order valence-corrected chi connectivity index (χ0v) is 11.3. The average Bonchev–Trinajstić information content (AvgIpc) is 2.44. The summed E-state index contributed by atoms with van der Waals surface area (Å²) in [5.74, 6) is -0.983. The van der Waals surface area contributed by atoms with Crippen LogP contribution in [0.15, 0.2) is 24.3 Å². The fourth-order valence-electron chi connectivity index (χ4n) is 2.41. The molecule has 1 aromatic rings. The molecule has 0 bridgehead atoms. The van der Waals surface area contributed by atoms with Gasteiger partial charge < -0.3 is 10.2 Å².